The second-order valence-electron chi connectivity index (χ2n) is 4.33. The second-order valence-corrected chi connectivity index (χ2v) is 5.56. The topological polar surface area (TPSA) is 0 Å². The molecule has 6 heteroatoms. The number of aryl methyl sites for hydroxylation is 1. The SMILES string of the molecule is Cc1cc(-c2cc(Cl)cc(Cl)c2Cl)cc(C(F)(F)F)c1. The predicted molar refractivity (Wildman–Crippen MR) is 76.6 cm³/mol. The molecule has 0 spiro atoms. The maximum absolute atomic E-state index is 12.8. The number of hydrogen-bond donors (Lipinski definition) is 0. The average molecular weight is 340 g/mol. The molecule has 0 fully saturated rings. The van der Waals surface area contributed by atoms with Gasteiger partial charge < -0.3 is 0 Å². The van der Waals surface area contributed by atoms with Crippen molar-refractivity contribution in [3.05, 3.63) is 56.5 Å². The summed E-state index contributed by atoms with van der Waals surface area (Å²) in [6.45, 7) is 1.58. The Hall–Kier alpha value is -0.900. The van der Waals surface area contributed by atoms with Crippen LogP contribution in [0.2, 0.25) is 15.1 Å². The lowest BCUT2D eigenvalue weighted by atomic mass is 10.00. The highest BCUT2D eigenvalue weighted by atomic mass is 35.5. The molecule has 0 radical (unpaired) electrons. The van der Waals surface area contributed by atoms with E-state index < -0.39 is 11.7 Å². The molecule has 0 aliphatic carbocycles. The molecular formula is C14H8Cl3F3. The summed E-state index contributed by atoms with van der Waals surface area (Å²) < 4.78 is 38.5. The summed E-state index contributed by atoms with van der Waals surface area (Å²) in [6, 6.07) is 6.63. The molecule has 0 unspecified atom stereocenters. The fraction of sp³-hybridized carbons (Fsp3) is 0.143. The molecule has 0 aliphatic heterocycles. The average Bonchev–Trinajstić information content (AvgIpc) is 2.32. The fourth-order valence-corrected chi connectivity index (χ4v) is 2.58. The highest BCUT2D eigenvalue weighted by Crippen LogP contribution is 2.39. The molecule has 0 N–H and O–H groups in total. The van der Waals surface area contributed by atoms with Gasteiger partial charge in [0.25, 0.3) is 0 Å². The summed E-state index contributed by atoms with van der Waals surface area (Å²) in [5.74, 6) is 0. The zero-order chi connectivity index (χ0) is 15.1. The molecule has 0 heterocycles. The van der Waals surface area contributed by atoms with Gasteiger partial charge in [0, 0.05) is 10.6 Å². The van der Waals surface area contributed by atoms with Crippen molar-refractivity contribution >= 4 is 34.8 Å². The number of rotatable bonds is 1. The van der Waals surface area contributed by atoms with E-state index in [0.29, 0.717) is 21.7 Å². The van der Waals surface area contributed by atoms with Crippen LogP contribution in [0.4, 0.5) is 13.2 Å². The lowest BCUT2D eigenvalue weighted by Gasteiger charge is -2.12. The van der Waals surface area contributed by atoms with Crippen molar-refractivity contribution in [2.24, 2.45) is 0 Å². The van der Waals surface area contributed by atoms with Crippen molar-refractivity contribution in [2.45, 2.75) is 13.1 Å². The van der Waals surface area contributed by atoms with E-state index in [-0.39, 0.29) is 10.0 Å². The number of halogens is 6. The van der Waals surface area contributed by atoms with Gasteiger partial charge in [0.2, 0.25) is 0 Å². The van der Waals surface area contributed by atoms with Gasteiger partial charge in [0.05, 0.1) is 15.6 Å². The molecule has 0 atom stereocenters. The third-order valence-corrected chi connectivity index (χ3v) is 3.73. The molecule has 0 aliphatic rings. The normalized spacial score (nSPS) is 11.8. The Morgan fingerprint density at radius 1 is 0.900 bits per heavy atom. The van der Waals surface area contributed by atoms with Crippen LogP contribution in [0, 0.1) is 6.92 Å². The van der Waals surface area contributed by atoms with E-state index in [1.165, 1.54) is 12.1 Å². The Balaban J connectivity index is 2.68. The van der Waals surface area contributed by atoms with Crippen LogP contribution in [0.15, 0.2) is 30.3 Å². The van der Waals surface area contributed by atoms with E-state index in [0.717, 1.165) is 12.1 Å². The smallest absolute Gasteiger partial charge is 0.166 e. The molecule has 0 saturated heterocycles. The first kappa shape index (κ1) is 15.5. The molecule has 0 saturated carbocycles. The number of benzene rings is 2. The van der Waals surface area contributed by atoms with E-state index >= 15 is 0 Å². The quantitative estimate of drug-likeness (QED) is 0.511. The molecule has 2 aromatic carbocycles. The first-order valence-electron chi connectivity index (χ1n) is 5.52. The van der Waals surface area contributed by atoms with Crippen LogP contribution in [-0.2, 0) is 6.18 Å². The summed E-state index contributed by atoms with van der Waals surface area (Å²) in [5.41, 5.74) is 0.437. The summed E-state index contributed by atoms with van der Waals surface area (Å²) in [7, 11) is 0. The van der Waals surface area contributed by atoms with Crippen LogP contribution >= 0.6 is 34.8 Å². The number of alkyl halides is 3. The van der Waals surface area contributed by atoms with Crippen molar-refractivity contribution in [3.63, 3.8) is 0 Å². The summed E-state index contributed by atoms with van der Waals surface area (Å²) in [5, 5.41) is 0.684. The van der Waals surface area contributed by atoms with Gasteiger partial charge in [-0.3, -0.25) is 0 Å². The minimum Gasteiger partial charge on any atom is -0.166 e. The first-order chi connectivity index (χ1) is 9.18. The molecular weight excluding hydrogens is 332 g/mol. The van der Waals surface area contributed by atoms with Crippen molar-refractivity contribution in [2.75, 3.05) is 0 Å². The van der Waals surface area contributed by atoms with Gasteiger partial charge >= 0.3 is 6.18 Å². The highest BCUT2D eigenvalue weighted by Gasteiger charge is 2.31. The molecule has 0 bridgehead atoms. The highest BCUT2D eigenvalue weighted by molar-refractivity contribution is 6.45. The van der Waals surface area contributed by atoms with Crippen LogP contribution in [-0.4, -0.2) is 0 Å². The van der Waals surface area contributed by atoms with Crippen LogP contribution in [0.5, 0.6) is 0 Å². The van der Waals surface area contributed by atoms with Gasteiger partial charge in [-0.15, -0.1) is 0 Å². The van der Waals surface area contributed by atoms with E-state index in [4.69, 9.17) is 34.8 Å². The monoisotopic (exact) mass is 338 g/mol. The first-order valence-corrected chi connectivity index (χ1v) is 6.65. The van der Waals surface area contributed by atoms with E-state index in [2.05, 4.69) is 0 Å². The van der Waals surface area contributed by atoms with Crippen LogP contribution in [0.1, 0.15) is 11.1 Å². The Kier molecular flexibility index (Phi) is 4.24. The van der Waals surface area contributed by atoms with Gasteiger partial charge in [-0.2, -0.15) is 13.2 Å². The van der Waals surface area contributed by atoms with Gasteiger partial charge in [0.1, 0.15) is 0 Å². The van der Waals surface area contributed by atoms with Crippen molar-refractivity contribution < 1.29 is 13.2 Å². The molecule has 0 amide bonds. The van der Waals surface area contributed by atoms with Gasteiger partial charge in [-0.05, 0) is 42.3 Å². The van der Waals surface area contributed by atoms with E-state index in [9.17, 15) is 13.2 Å². The standard InChI is InChI=1S/C14H8Cl3F3/c1-7-2-8(4-9(3-7)14(18,19)20)11-5-10(15)6-12(16)13(11)17/h2-6H,1H3. The maximum Gasteiger partial charge on any atom is 0.416 e. The molecule has 2 rings (SSSR count). The Labute approximate surface area is 129 Å². The molecule has 2 aromatic rings. The zero-order valence-corrected chi connectivity index (χ0v) is 12.4. The van der Waals surface area contributed by atoms with E-state index in [1.54, 1.807) is 13.0 Å². The lowest BCUT2D eigenvalue weighted by Crippen LogP contribution is -2.05. The third-order valence-electron chi connectivity index (χ3n) is 2.71. The zero-order valence-electron chi connectivity index (χ0n) is 10.2. The Bertz CT molecular complexity index is 663. The summed E-state index contributed by atoms with van der Waals surface area (Å²) in [6.07, 6.45) is -4.42. The largest absolute Gasteiger partial charge is 0.416 e. The predicted octanol–water partition coefficient (Wildman–Crippen LogP) is 6.64. The second kappa shape index (κ2) is 5.47. The van der Waals surface area contributed by atoms with Crippen molar-refractivity contribution in [1.82, 2.24) is 0 Å². The molecule has 20 heavy (non-hydrogen) atoms. The summed E-state index contributed by atoms with van der Waals surface area (Å²) in [4.78, 5) is 0. The molecule has 0 nitrogen and oxygen atoms in total. The minimum atomic E-state index is -4.42. The maximum atomic E-state index is 12.8. The molecule has 0 aromatic heterocycles. The van der Waals surface area contributed by atoms with Gasteiger partial charge in [-0.25, -0.2) is 0 Å². The Morgan fingerprint density at radius 2 is 1.55 bits per heavy atom. The van der Waals surface area contributed by atoms with Crippen LogP contribution in [0.25, 0.3) is 11.1 Å². The van der Waals surface area contributed by atoms with Crippen LogP contribution < -0.4 is 0 Å². The lowest BCUT2D eigenvalue weighted by molar-refractivity contribution is -0.137. The van der Waals surface area contributed by atoms with Crippen molar-refractivity contribution in [1.29, 1.82) is 0 Å². The minimum absolute atomic E-state index is 0.176. The summed E-state index contributed by atoms with van der Waals surface area (Å²) >= 11 is 17.8. The van der Waals surface area contributed by atoms with Crippen molar-refractivity contribution in [3.8, 4) is 11.1 Å². The van der Waals surface area contributed by atoms with E-state index in [1.807, 2.05) is 0 Å². The van der Waals surface area contributed by atoms with Crippen LogP contribution in [0.3, 0.4) is 0 Å². The third kappa shape index (κ3) is 3.22. The molecule has 106 valence electrons. The fourth-order valence-electron chi connectivity index (χ4n) is 1.87. The van der Waals surface area contributed by atoms with Gasteiger partial charge in [-0.1, -0.05) is 40.9 Å². The van der Waals surface area contributed by atoms with Gasteiger partial charge in [0.15, 0.2) is 0 Å². The number of hydrogen-bond acceptors (Lipinski definition) is 0. The Morgan fingerprint density at radius 3 is 2.15 bits per heavy atom.